The number of ketones is 1. The van der Waals surface area contributed by atoms with E-state index in [9.17, 15) is 4.79 Å². The molecule has 0 fully saturated rings. The highest BCUT2D eigenvalue weighted by atomic mass is 16.1. The summed E-state index contributed by atoms with van der Waals surface area (Å²) in [5.41, 5.74) is 1.96. The van der Waals surface area contributed by atoms with E-state index in [2.05, 4.69) is 30.8 Å². The Hall–Kier alpha value is -1.35. The van der Waals surface area contributed by atoms with Crippen LogP contribution in [0.15, 0.2) is 24.3 Å². The monoisotopic (exact) mass is 234 g/mol. The summed E-state index contributed by atoms with van der Waals surface area (Å²) in [5, 5.41) is 0. The van der Waals surface area contributed by atoms with E-state index < -0.39 is 0 Å². The highest BCUT2D eigenvalue weighted by Gasteiger charge is 2.05. The van der Waals surface area contributed by atoms with Gasteiger partial charge >= 0.3 is 0 Å². The van der Waals surface area contributed by atoms with Crippen LogP contribution in [0.3, 0.4) is 0 Å². The summed E-state index contributed by atoms with van der Waals surface area (Å²) >= 11 is 0. The third-order valence-corrected chi connectivity index (χ3v) is 2.84. The Kier molecular flexibility index (Phi) is 5.16. The third-order valence-electron chi connectivity index (χ3n) is 2.84. The van der Waals surface area contributed by atoms with Crippen LogP contribution in [0.4, 0.5) is 5.69 Å². The number of hydrogen-bond acceptors (Lipinski definition) is 3. The number of rotatable bonds is 6. The molecule has 3 nitrogen and oxygen atoms in total. The molecule has 0 bridgehead atoms. The number of hydrogen-bond donors (Lipinski definition) is 0. The van der Waals surface area contributed by atoms with E-state index in [-0.39, 0.29) is 5.78 Å². The number of nitrogens with zero attached hydrogens (tertiary/aromatic N) is 2. The first kappa shape index (κ1) is 13.7. The van der Waals surface area contributed by atoms with E-state index in [4.69, 9.17) is 0 Å². The van der Waals surface area contributed by atoms with E-state index in [1.165, 1.54) is 5.69 Å². The van der Waals surface area contributed by atoms with Gasteiger partial charge in [-0.05, 0) is 52.2 Å². The maximum atomic E-state index is 11.2. The van der Waals surface area contributed by atoms with Gasteiger partial charge < -0.3 is 9.80 Å². The van der Waals surface area contributed by atoms with Crippen LogP contribution >= 0.6 is 0 Å². The Bertz CT molecular complexity index is 357. The molecule has 94 valence electrons. The van der Waals surface area contributed by atoms with Crippen LogP contribution in [-0.2, 0) is 0 Å². The van der Waals surface area contributed by atoms with Crippen molar-refractivity contribution in [1.29, 1.82) is 0 Å². The van der Waals surface area contributed by atoms with Crippen LogP contribution in [0.5, 0.6) is 0 Å². The van der Waals surface area contributed by atoms with E-state index in [1.807, 2.05) is 24.3 Å². The maximum absolute atomic E-state index is 11.2. The Balaban J connectivity index is 2.71. The van der Waals surface area contributed by atoms with Crippen LogP contribution < -0.4 is 4.90 Å². The first-order valence-corrected chi connectivity index (χ1v) is 6.05. The predicted octanol–water partition coefficient (Wildman–Crippen LogP) is 2.28. The molecule has 1 aromatic rings. The molecule has 0 atom stereocenters. The lowest BCUT2D eigenvalue weighted by atomic mass is 10.1. The van der Waals surface area contributed by atoms with Gasteiger partial charge in [-0.15, -0.1) is 0 Å². The minimum Gasteiger partial charge on any atom is -0.371 e. The second-order valence-corrected chi connectivity index (χ2v) is 4.49. The number of carbonyl (C=O) groups is 1. The third kappa shape index (κ3) is 4.19. The molecule has 0 saturated carbocycles. The lowest BCUT2D eigenvalue weighted by Crippen LogP contribution is -2.31. The molecule has 0 aliphatic rings. The second kappa shape index (κ2) is 6.40. The molecule has 1 aromatic carbocycles. The van der Waals surface area contributed by atoms with Crippen molar-refractivity contribution in [2.45, 2.75) is 13.8 Å². The second-order valence-electron chi connectivity index (χ2n) is 4.49. The molecule has 0 aliphatic carbocycles. The summed E-state index contributed by atoms with van der Waals surface area (Å²) in [6.07, 6.45) is 0. The van der Waals surface area contributed by atoms with E-state index in [0.717, 1.165) is 25.2 Å². The molecule has 0 aromatic heterocycles. The standard InChI is InChI=1S/C14H22N2O/c1-5-16(11-10-15(3)4)14-8-6-13(7-9-14)12(2)17/h6-9H,5,10-11H2,1-4H3. The molecule has 0 aliphatic heterocycles. The molecular formula is C14H22N2O. The van der Waals surface area contributed by atoms with Gasteiger partial charge in [0.05, 0.1) is 0 Å². The van der Waals surface area contributed by atoms with E-state index in [1.54, 1.807) is 6.92 Å². The fourth-order valence-corrected chi connectivity index (χ4v) is 1.70. The Morgan fingerprint density at radius 3 is 2.12 bits per heavy atom. The van der Waals surface area contributed by atoms with Crippen molar-refractivity contribution >= 4 is 11.5 Å². The number of carbonyl (C=O) groups excluding carboxylic acids is 1. The molecule has 0 spiro atoms. The fourth-order valence-electron chi connectivity index (χ4n) is 1.70. The van der Waals surface area contributed by atoms with Gasteiger partial charge in [0.2, 0.25) is 0 Å². The number of benzene rings is 1. The van der Waals surface area contributed by atoms with E-state index in [0.29, 0.717) is 0 Å². The van der Waals surface area contributed by atoms with Gasteiger partial charge in [0.15, 0.2) is 5.78 Å². The van der Waals surface area contributed by atoms with Crippen molar-refractivity contribution in [3.8, 4) is 0 Å². The van der Waals surface area contributed by atoms with Crippen molar-refractivity contribution < 1.29 is 4.79 Å². The Morgan fingerprint density at radius 1 is 1.12 bits per heavy atom. The lowest BCUT2D eigenvalue weighted by Gasteiger charge is -2.25. The van der Waals surface area contributed by atoms with Crippen molar-refractivity contribution in [2.75, 3.05) is 38.6 Å². The summed E-state index contributed by atoms with van der Waals surface area (Å²) < 4.78 is 0. The number of anilines is 1. The van der Waals surface area contributed by atoms with Crippen LogP contribution in [0.1, 0.15) is 24.2 Å². The van der Waals surface area contributed by atoms with Crippen molar-refractivity contribution in [1.82, 2.24) is 4.90 Å². The first-order valence-electron chi connectivity index (χ1n) is 6.05. The molecule has 0 amide bonds. The van der Waals surface area contributed by atoms with E-state index >= 15 is 0 Å². The average molecular weight is 234 g/mol. The van der Waals surface area contributed by atoms with Gasteiger partial charge in [-0.1, -0.05) is 0 Å². The zero-order valence-electron chi connectivity index (χ0n) is 11.2. The van der Waals surface area contributed by atoms with Crippen molar-refractivity contribution in [2.24, 2.45) is 0 Å². The molecule has 0 radical (unpaired) electrons. The minimum atomic E-state index is 0.118. The summed E-state index contributed by atoms with van der Waals surface area (Å²) in [5.74, 6) is 0.118. The van der Waals surface area contributed by atoms with Gasteiger partial charge in [-0.25, -0.2) is 0 Å². The first-order chi connectivity index (χ1) is 8.04. The van der Waals surface area contributed by atoms with Gasteiger partial charge in [-0.3, -0.25) is 4.79 Å². The zero-order valence-corrected chi connectivity index (χ0v) is 11.2. The highest BCUT2D eigenvalue weighted by molar-refractivity contribution is 5.94. The molecule has 0 N–H and O–H groups in total. The van der Waals surface area contributed by atoms with Gasteiger partial charge in [0, 0.05) is 30.9 Å². The molecule has 0 heterocycles. The van der Waals surface area contributed by atoms with Crippen LogP contribution in [-0.4, -0.2) is 44.4 Å². The fraction of sp³-hybridized carbons (Fsp3) is 0.500. The maximum Gasteiger partial charge on any atom is 0.159 e. The van der Waals surface area contributed by atoms with Gasteiger partial charge in [0.1, 0.15) is 0 Å². The SMILES string of the molecule is CCN(CCN(C)C)c1ccc(C(C)=O)cc1. The van der Waals surface area contributed by atoms with Gasteiger partial charge in [-0.2, -0.15) is 0 Å². The Morgan fingerprint density at radius 2 is 1.71 bits per heavy atom. The highest BCUT2D eigenvalue weighted by Crippen LogP contribution is 2.15. The van der Waals surface area contributed by atoms with Gasteiger partial charge in [0.25, 0.3) is 0 Å². The molecule has 3 heteroatoms. The van der Waals surface area contributed by atoms with Crippen LogP contribution in [0.2, 0.25) is 0 Å². The predicted molar refractivity (Wildman–Crippen MR) is 72.9 cm³/mol. The Labute approximate surface area is 104 Å². The van der Waals surface area contributed by atoms with Crippen LogP contribution in [0, 0.1) is 0 Å². The quantitative estimate of drug-likeness (QED) is 0.705. The summed E-state index contributed by atoms with van der Waals surface area (Å²) in [4.78, 5) is 15.7. The number of Topliss-reactive ketones (excluding diaryl/α,β-unsaturated/α-hetero) is 1. The van der Waals surface area contributed by atoms with Crippen molar-refractivity contribution in [3.63, 3.8) is 0 Å². The lowest BCUT2D eigenvalue weighted by molar-refractivity contribution is 0.101. The largest absolute Gasteiger partial charge is 0.371 e. The topological polar surface area (TPSA) is 23.6 Å². The number of likely N-dealkylation sites (N-methyl/N-ethyl adjacent to an activating group) is 2. The minimum absolute atomic E-state index is 0.118. The van der Waals surface area contributed by atoms with Crippen LogP contribution in [0.25, 0.3) is 0 Å². The molecule has 0 saturated heterocycles. The zero-order chi connectivity index (χ0) is 12.8. The average Bonchev–Trinajstić information content (AvgIpc) is 2.30. The summed E-state index contributed by atoms with van der Waals surface area (Å²) in [6.45, 7) is 6.76. The normalized spacial score (nSPS) is 10.6. The summed E-state index contributed by atoms with van der Waals surface area (Å²) in [7, 11) is 4.15. The summed E-state index contributed by atoms with van der Waals surface area (Å²) in [6, 6.07) is 7.84. The smallest absolute Gasteiger partial charge is 0.159 e. The molecule has 17 heavy (non-hydrogen) atoms. The molecule has 1 rings (SSSR count). The molecular weight excluding hydrogens is 212 g/mol. The molecule has 0 unspecified atom stereocenters. The van der Waals surface area contributed by atoms with Crippen molar-refractivity contribution in [3.05, 3.63) is 29.8 Å².